The van der Waals surface area contributed by atoms with Gasteiger partial charge in [-0.3, -0.25) is 0 Å². The van der Waals surface area contributed by atoms with Crippen LogP contribution in [0.2, 0.25) is 0 Å². The first-order valence-electron chi connectivity index (χ1n) is 15.6. The van der Waals surface area contributed by atoms with E-state index in [9.17, 15) is 0 Å². The van der Waals surface area contributed by atoms with Crippen LogP contribution in [0, 0.1) is 0 Å². The fraction of sp³-hybridized carbons (Fsp3) is 0.0250. The van der Waals surface area contributed by atoms with Crippen molar-refractivity contribution < 1.29 is 17.8 Å². The Hall–Kier alpha value is -6.47. The van der Waals surface area contributed by atoms with Gasteiger partial charge >= 0.3 is 5.95 Å². The number of hydrogen-bond acceptors (Lipinski definition) is 5. The molecule has 0 aliphatic heterocycles. The van der Waals surface area contributed by atoms with Crippen molar-refractivity contribution in [3.05, 3.63) is 109 Å². The largest absolute Gasteiger partial charge is 0.456 e. The van der Waals surface area contributed by atoms with Gasteiger partial charge < -0.3 is 13.3 Å². The van der Waals surface area contributed by atoms with Crippen LogP contribution in [0.5, 0.6) is 0 Å². The molecule has 0 spiro atoms. The summed E-state index contributed by atoms with van der Waals surface area (Å²) in [5.74, 6) is 2.24. The minimum absolute atomic E-state index is 0.594. The number of rotatable bonds is 3. The molecule has 0 atom stereocenters. The molecule has 218 valence electrons. The van der Waals surface area contributed by atoms with E-state index in [-0.39, 0.29) is 0 Å². The molecule has 12 rings (SSSR count). The summed E-state index contributed by atoms with van der Waals surface area (Å²) in [4.78, 5) is 10.6. The predicted molar refractivity (Wildman–Crippen MR) is 184 cm³/mol. The third-order valence-corrected chi connectivity index (χ3v) is 10.0. The monoisotopic (exact) mass is 605 g/mol. The molecule has 7 aromatic carbocycles. The van der Waals surface area contributed by atoms with E-state index in [0.29, 0.717) is 5.95 Å². The van der Waals surface area contributed by atoms with Crippen molar-refractivity contribution in [1.29, 1.82) is 0 Å². The van der Waals surface area contributed by atoms with Crippen molar-refractivity contribution in [2.24, 2.45) is 7.05 Å². The highest BCUT2D eigenvalue weighted by molar-refractivity contribution is 6.44. The van der Waals surface area contributed by atoms with E-state index in [1.807, 2.05) is 67.7 Å². The molecule has 7 heteroatoms. The molecular formula is C40H21N4O3+. The Morgan fingerprint density at radius 3 is 1.15 bits per heavy atom. The topological polar surface area (TPSA) is 74.0 Å². The number of aromatic nitrogens is 4. The van der Waals surface area contributed by atoms with Crippen molar-refractivity contribution in [2.75, 3.05) is 0 Å². The van der Waals surface area contributed by atoms with E-state index in [4.69, 9.17) is 23.2 Å². The van der Waals surface area contributed by atoms with Crippen LogP contribution in [0.4, 0.5) is 0 Å². The third-order valence-electron chi connectivity index (χ3n) is 10.0. The van der Waals surface area contributed by atoms with Gasteiger partial charge in [-0.2, -0.15) is 0 Å². The standard InChI is InChI=1S/C40H21N4O3/c1-43-38(20-8-4-2-5-9-20)41-40(42-39(43)21-10-6-3-7-11-21)44-22-12-14-24-32-30(22)31-23(44)13-15-25-33(31)35-27(46-25)17-19-29-37(35)36-28(47-29)18-16-26(45-24)34(32)36/h2-19H,1H3/q+1. The molecule has 0 unspecified atom stereocenters. The van der Waals surface area contributed by atoms with Crippen LogP contribution < -0.4 is 4.57 Å². The molecular weight excluding hydrogens is 584 g/mol. The van der Waals surface area contributed by atoms with Gasteiger partial charge in [0.2, 0.25) is 0 Å². The van der Waals surface area contributed by atoms with Gasteiger partial charge in [-0.25, -0.2) is 9.13 Å². The zero-order valence-electron chi connectivity index (χ0n) is 24.9. The maximum absolute atomic E-state index is 6.57. The van der Waals surface area contributed by atoms with E-state index < -0.39 is 0 Å². The lowest BCUT2D eigenvalue weighted by Crippen LogP contribution is -2.37. The molecule has 0 aliphatic carbocycles. The summed E-state index contributed by atoms with van der Waals surface area (Å²) in [5.41, 5.74) is 9.03. The first kappa shape index (κ1) is 23.9. The smallest absolute Gasteiger partial charge is 0.387 e. The van der Waals surface area contributed by atoms with Crippen LogP contribution in [-0.2, 0) is 7.05 Å². The molecule has 0 fully saturated rings. The van der Waals surface area contributed by atoms with Crippen LogP contribution in [0.15, 0.2) is 122 Å². The molecule has 0 aliphatic rings. The van der Waals surface area contributed by atoms with E-state index in [0.717, 1.165) is 110 Å². The van der Waals surface area contributed by atoms with E-state index in [1.165, 1.54) is 0 Å². The average Bonchev–Trinajstić information content (AvgIpc) is 3.85. The summed E-state index contributed by atoms with van der Waals surface area (Å²) in [6, 6.07) is 37.1. The molecule has 0 saturated carbocycles. The van der Waals surface area contributed by atoms with Gasteiger partial charge in [-0.05, 0) is 82.8 Å². The molecule has 5 heterocycles. The highest BCUT2D eigenvalue weighted by Crippen LogP contribution is 2.52. The summed E-state index contributed by atoms with van der Waals surface area (Å²) in [7, 11) is 2.03. The van der Waals surface area contributed by atoms with Gasteiger partial charge in [-0.15, -0.1) is 0 Å². The van der Waals surface area contributed by atoms with Crippen molar-refractivity contribution in [3.63, 3.8) is 0 Å². The van der Waals surface area contributed by atoms with Crippen LogP contribution in [-0.4, -0.2) is 14.5 Å². The number of hydrogen-bond donors (Lipinski definition) is 0. The predicted octanol–water partition coefficient (Wildman–Crippen LogP) is 9.74. The maximum Gasteiger partial charge on any atom is 0.387 e. The average molecular weight is 606 g/mol. The van der Waals surface area contributed by atoms with E-state index >= 15 is 0 Å². The highest BCUT2D eigenvalue weighted by atomic mass is 16.3. The maximum atomic E-state index is 6.57. The molecule has 0 N–H and O–H groups in total. The van der Waals surface area contributed by atoms with Gasteiger partial charge in [0.15, 0.2) is 0 Å². The lowest BCUT2D eigenvalue weighted by molar-refractivity contribution is -0.654. The molecule has 0 bridgehead atoms. The second kappa shape index (κ2) is 8.02. The molecule has 12 aromatic rings. The van der Waals surface area contributed by atoms with Gasteiger partial charge in [0.25, 0.3) is 11.6 Å². The Kier molecular flexibility index (Phi) is 4.07. The summed E-state index contributed by atoms with van der Waals surface area (Å²) >= 11 is 0. The van der Waals surface area contributed by atoms with Gasteiger partial charge in [0.1, 0.15) is 33.5 Å². The summed E-state index contributed by atoms with van der Waals surface area (Å²) in [6.45, 7) is 0. The first-order chi connectivity index (χ1) is 23.2. The lowest BCUT2D eigenvalue weighted by Gasteiger charge is -2.09. The SMILES string of the molecule is C[n+]1c(-c2ccccc2)nc(-n2c3ccc4oc5ccc6oc7ccc8oc9ccc2c2c9c8c7c6c5c4c23)nc1-c1ccccc1. The second-order valence-electron chi connectivity index (χ2n) is 12.4. The third kappa shape index (κ3) is 2.78. The Bertz CT molecular complexity index is 2970. The summed E-state index contributed by atoms with van der Waals surface area (Å²) < 4.78 is 23.9. The minimum atomic E-state index is 0.594. The van der Waals surface area contributed by atoms with Crippen molar-refractivity contribution in [1.82, 2.24) is 14.5 Å². The molecule has 7 nitrogen and oxygen atoms in total. The van der Waals surface area contributed by atoms with Crippen LogP contribution in [0.3, 0.4) is 0 Å². The van der Waals surface area contributed by atoms with Crippen LogP contribution in [0.1, 0.15) is 0 Å². The quantitative estimate of drug-likeness (QED) is 0.188. The zero-order valence-corrected chi connectivity index (χ0v) is 24.9. The van der Waals surface area contributed by atoms with Crippen molar-refractivity contribution in [2.45, 2.75) is 0 Å². The van der Waals surface area contributed by atoms with Gasteiger partial charge in [0.05, 0.1) is 29.2 Å². The zero-order chi connectivity index (χ0) is 30.5. The molecule has 0 saturated heterocycles. The van der Waals surface area contributed by atoms with Crippen LogP contribution in [0.25, 0.3) is 116 Å². The summed E-state index contributed by atoms with van der Waals surface area (Å²) in [6.07, 6.45) is 0. The summed E-state index contributed by atoms with van der Waals surface area (Å²) in [5, 5.41) is 8.58. The normalized spacial score (nSPS) is 12.8. The fourth-order valence-corrected chi connectivity index (χ4v) is 8.11. The molecule has 47 heavy (non-hydrogen) atoms. The molecule has 0 amide bonds. The van der Waals surface area contributed by atoms with E-state index in [2.05, 4.69) is 57.7 Å². The fourth-order valence-electron chi connectivity index (χ4n) is 8.11. The minimum Gasteiger partial charge on any atom is -0.456 e. The van der Waals surface area contributed by atoms with Crippen molar-refractivity contribution in [3.8, 4) is 28.7 Å². The number of benzene rings is 6. The first-order valence-corrected chi connectivity index (χ1v) is 15.6. The number of nitrogens with zero attached hydrogens (tertiary/aromatic N) is 4. The lowest BCUT2D eigenvalue weighted by atomic mass is 9.95. The second-order valence-corrected chi connectivity index (χ2v) is 12.4. The Morgan fingerprint density at radius 1 is 0.426 bits per heavy atom. The molecule has 5 aromatic heterocycles. The Morgan fingerprint density at radius 2 is 0.766 bits per heavy atom. The van der Waals surface area contributed by atoms with E-state index in [1.54, 1.807) is 0 Å². The van der Waals surface area contributed by atoms with Crippen LogP contribution >= 0.6 is 0 Å². The number of furan rings is 3. The van der Waals surface area contributed by atoms with Crippen molar-refractivity contribution >= 4 is 87.6 Å². The molecule has 0 radical (unpaired) electrons. The van der Waals surface area contributed by atoms with Gasteiger partial charge in [-0.1, -0.05) is 36.4 Å². The Balaban J connectivity index is 1.34. The van der Waals surface area contributed by atoms with Gasteiger partial charge in [0, 0.05) is 43.1 Å². The highest BCUT2D eigenvalue weighted by Gasteiger charge is 2.31. The Labute approximate surface area is 264 Å².